The largest absolute Gasteiger partial charge is 0.493 e. The number of amides is 1. The molecule has 2 N–H and O–H groups in total. The van der Waals surface area contributed by atoms with Crippen LogP contribution in [0.15, 0.2) is 42.7 Å². The number of unbranched alkanes of at least 4 members (excludes halogenated alkanes) is 2. The minimum Gasteiger partial charge on any atom is -0.493 e. The fraction of sp³-hybridized carbons (Fsp3) is 0.516. The van der Waals surface area contributed by atoms with Gasteiger partial charge in [0.2, 0.25) is 5.91 Å². The molecule has 0 unspecified atom stereocenters. The zero-order valence-corrected chi connectivity index (χ0v) is 24.3. The highest BCUT2D eigenvalue weighted by Gasteiger charge is 2.13. The van der Waals surface area contributed by atoms with Crippen molar-refractivity contribution in [2.45, 2.75) is 65.7 Å². The fourth-order valence-electron chi connectivity index (χ4n) is 4.45. The third-order valence-corrected chi connectivity index (χ3v) is 6.85. The molecule has 8 heteroatoms. The molecular formula is C31H45N5O3. The van der Waals surface area contributed by atoms with E-state index in [-0.39, 0.29) is 11.8 Å². The summed E-state index contributed by atoms with van der Waals surface area (Å²) in [6, 6.07) is 12.1. The molecule has 8 nitrogen and oxygen atoms in total. The third kappa shape index (κ3) is 9.39. The van der Waals surface area contributed by atoms with Crippen LogP contribution < -0.4 is 20.1 Å². The maximum Gasteiger partial charge on any atom is 0.216 e. The van der Waals surface area contributed by atoms with E-state index < -0.39 is 0 Å². The Bertz CT molecular complexity index is 1160. The number of carbonyl (C=O) groups is 1. The summed E-state index contributed by atoms with van der Waals surface area (Å²) < 4.78 is 11.8. The number of nitrogens with one attached hydrogen (secondary N) is 2. The van der Waals surface area contributed by atoms with Crippen molar-refractivity contribution < 1.29 is 14.3 Å². The van der Waals surface area contributed by atoms with Crippen LogP contribution in [0.25, 0.3) is 10.9 Å². The molecule has 1 amide bonds. The lowest BCUT2D eigenvalue weighted by atomic mass is 10.0. The Kier molecular flexibility index (Phi) is 12.3. The average molecular weight is 536 g/mol. The van der Waals surface area contributed by atoms with Gasteiger partial charge >= 0.3 is 0 Å². The van der Waals surface area contributed by atoms with Crippen LogP contribution in [0.2, 0.25) is 0 Å². The first-order valence-corrected chi connectivity index (χ1v) is 14.2. The minimum atomic E-state index is -0.0170. The first-order valence-electron chi connectivity index (χ1n) is 14.2. The highest BCUT2D eigenvalue weighted by molar-refractivity contribution is 5.93. The monoisotopic (exact) mass is 535 g/mol. The zero-order chi connectivity index (χ0) is 28.0. The number of rotatable bonds is 17. The van der Waals surface area contributed by atoms with Crippen molar-refractivity contribution in [3.05, 3.63) is 48.3 Å². The molecule has 2 aromatic carbocycles. The summed E-state index contributed by atoms with van der Waals surface area (Å²) >= 11 is 0. The second kappa shape index (κ2) is 15.9. The quantitative estimate of drug-likeness (QED) is 0.196. The fourth-order valence-corrected chi connectivity index (χ4v) is 4.45. The average Bonchev–Trinajstić information content (AvgIpc) is 2.95. The van der Waals surface area contributed by atoms with Crippen LogP contribution in [-0.4, -0.2) is 60.7 Å². The molecule has 0 saturated heterocycles. The van der Waals surface area contributed by atoms with E-state index in [2.05, 4.69) is 58.4 Å². The molecule has 212 valence electrons. The summed E-state index contributed by atoms with van der Waals surface area (Å²) in [4.78, 5) is 22.7. The highest BCUT2D eigenvalue weighted by Crippen LogP contribution is 2.35. The molecule has 3 rings (SSSR count). The normalized spacial score (nSPS) is 11.9. The maximum absolute atomic E-state index is 11.2. The predicted octanol–water partition coefficient (Wildman–Crippen LogP) is 6.29. The number of fused-ring (bicyclic) bond motifs is 1. The number of hydrogen-bond donors (Lipinski definition) is 2. The van der Waals surface area contributed by atoms with Crippen molar-refractivity contribution in [1.29, 1.82) is 0 Å². The van der Waals surface area contributed by atoms with Gasteiger partial charge in [-0.2, -0.15) is 0 Å². The van der Waals surface area contributed by atoms with E-state index in [1.807, 2.05) is 24.3 Å². The van der Waals surface area contributed by atoms with E-state index in [4.69, 9.17) is 9.47 Å². The van der Waals surface area contributed by atoms with Crippen molar-refractivity contribution >= 4 is 28.3 Å². The molecule has 0 aliphatic carbocycles. The van der Waals surface area contributed by atoms with Crippen molar-refractivity contribution in [2.75, 3.05) is 45.2 Å². The van der Waals surface area contributed by atoms with Crippen molar-refractivity contribution in [1.82, 2.24) is 20.2 Å². The summed E-state index contributed by atoms with van der Waals surface area (Å²) in [5.74, 6) is 2.27. The topological polar surface area (TPSA) is 88.6 Å². The summed E-state index contributed by atoms with van der Waals surface area (Å²) in [5.41, 5.74) is 2.86. The molecule has 0 saturated carbocycles. The lowest BCUT2D eigenvalue weighted by Gasteiger charge is -2.22. The number of aromatic nitrogens is 2. The van der Waals surface area contributed by atoms with Gasteiger partial charge in [0.1, 0.15) is 12.1 Å². The van der Waals surface area contributed by atoms with Crippen LogP contribution in [0.4, 0.5) is 11.5 Å². The van der Waals surface area contributed by atoms with E-state index >= 15 is 0 Å². The van der Waals surface area contributed by atoms with E-state index in [0.29, 0.717) is 30.5 Å². The molecule has 0 aliphatic rings. The van der Waals surface area contributed by atoms with Crippen molar-refractivity contribution in [3.63, 3.8) is 0 Å². The number of anilines is 2. The summed E-state index contributed by atoms with van der Waals surface area (Å²) in [6.45, 7) is 12.7. The van der Waals surface area contributed by atoms with Gasteiger partial charge in [-0.3, -0.25) is 4.79 Å². The number of methoxy groups -OCH3 is 1. The first-order chi connectivity index (χ1) is 18.9. The van der Waals surface area contributed by atoms with E-state index in [0.717, 1.165) is 48.2 Å². The molecular weight excluding hydrogens is 490 g/mol. The highest BCUT2D eigenvalue weighted by atomic mass is 16.5. The molecule has 3 aromatic rings. The number of carbonyl (C=O) groups excluding carboxylic acids is 1. The Balaban J connectivity index is 1.69. The van der Waals surface area contributed by atoms with Crippen molar-refractivity contribution in [3.8, 4) is 11.5 Å². The van der Waals surface area contributed by atoms with Gasteiger partial charge in [-0.15, -0.1) is 0 Å². The molecule has 39 heavy (non-hydrogen) atoms. The smallest absolute Gasteiger partial charge is 0.216 e. The van der Waals surface area contributed by atoms with Gasteiger partial charge in [0.05, 0.1) is 19.2 Å². The molecule has 0 aliphatic heterocycles. The Hall–Kier alpha value is -3.39. The van der Waals surface area contributed by atoms with Gasteiger partial charge in [0.15, 0.2) is 11.5 Å². The standard InChI is InChI=1S/C31H45N5O3/c1-6-8-15-36(16-9-7-2)17-10-18-39-30-19-27-28(20-29(30)38-5)33-22-34-31(27)35-26-13-11-25(12-14-26)23(3)21-32-24(4)37/h11-14,19-20,22-23H,6-10,15-18,21H2,1-5H3,(H,32,37)(H,33,34,35)/t23-/m0/s1. The van der Waals surface area contributed by atoms with E-state index in [1.165, 1.54) is 32.6 Å². The van der Waals surface area contributed by atoms with E-state index in [9.17, 15) is 4.79 Å². The van der Waals surface area contributed by atoms with Gasteiger partial charge in [-0.05, 0) is 62.0 Å². The third-order valence-electron chi connectivity index (χ3n) is 6.85. The van der Waals surface area contributed by atoms with Gasteiger partial charge in [0.25, 0.3) is 0 Å². The Morgan fingerprint density at radius 2 is 1.67 bits per heavy atom. The second-order valence-corrected chi connectivity index (χ2v) is 10.1. The SMILES string of the molecule is CCCCN(CCCC)CCCOc1cc2c(Nc3ccc([C@@H](C)CNC(C)=O)cc3)ncnc2cc1OC. The minimum absolute atomic E-state index is 0.0170. The summed E-state index contributed by atoms with van der Waals surface area (Å²) in [7, 11) is 1.65. The molecule has 0 spiro atoms. The first kappa shape index (κ1) is 30.2. The molecule has 0 radical (unpaired) electrons. The van der Waals surface area contributed by atoms with Crippen LogP contribution in [-0.2, 0) is 4.79 Å². The summed E-state index contributed by atoms with van der Waals surface area (Å²) in [5, 5.41) is 7.17. The van der Waals surface area contributed by atoms with Crippen LogP contribution >= 0.6 is 0 Å². The van der Waals surface area contributed by atoms with Crippen LogP contribution in [0.5, 0.6) is 11.5 Å². The number of nitrogens with zero attached hydrogens (tertiary/aromatic N) is 3. The zero-order valence-electron chi connectivity index (χ0n) is 24.3. The van der Waals surface area contributed by atoms with Crippen molar-refractivity contribution in [2.24, 2.45) is 0 Å². The molecule has 1 heterocycles. The molecule has 1 aromatic heterocycles. The van der Waals surface area contributed by atoms with Crippen LogP contribution in [0.3, 0.4) is 0 Å². The summed E-state index contributed by atoms with van der Waals surface area (Å²) in [6.07, 6.45) is 7.41. The Morgan fingerprint density at radius 3 is 2.31 bits per heavy atom. The molecule has 0 bridgehead atoms. The van der Waals surface area contributed by atoms with Gasteiger partial charge in [-0.1, -0.05) is 45.7 Å². The maximum atomic E-state index is 11.2. The number of ether oxygens (including phenoxy) is 2. The number of hydrogen-bond acceptors (Lipinski definition) is 7. The van der Waals surface area contributed by atoms with Crippen LogP contribution in [0.1, 0.15) is 71.3 Å². The van der Waals surface area contributed by atoms with E-state index in [1.54, 1.807) is 13.4 Å². The predicted molar refractivity (Wildman–Crippen MR) is 159 cm³/mol. The Labute approximate surface area is 233 Å². The second-order valence-electron chi connectivity index (χ2n) is 10.1. The Morgan fingerprint density at radius 1 is 0.974 bits per heavy atom. The van der Waals surface area contributed by atoms with Gasteiger partial charge < -0.3 is 25.0 Å². The molecule has 1 atom stereocenters. The molecule has 0 fully saturated rings. The lowest BCUT2D eigenvalue weighted by Crippen LogP contribution is -2.28. The number of benzene rings is 2. The van der Waals surface area contributed by atoms with Crippen LogP contribution in [0, 0.1) is 0 Å². The van der Waals surface area contributed by atoms with Gasteiger partial charge in [0, 0.05) is 37.2 Å². The van der Waals surface area contributed by atoms with Gasteiger partial charge in [-0.25, -0.2) is 9.97 Å². The lowest BCUT2D eigenvalue weighted by molar-refractivity contribution is -0.119.